The van der Waals surface area contributed by atoms with E-state index in [-0.39, 0.29) is 17.9 Å². The molecule has 0 aliphatic carbocycles. The summed E-state index contributed by atoms with van der Waals surface area (Å²) in [7, 11) is 3.15. The van der Waals surface area contributed by atoms with Crippen LogP contribution < -0.4 is 20.3 Å². The number of benzene rings is 3. The molecule has 3 aromatic carbocycles. The van der Waals surface area contributed by atoms with Crippen LogP contribution in [0.15, 0.2) is 71.5 Å². The van der Waals surface area contributed by atoms with Gasteiger partial charge in [-0.25, -0.2) is 4.68 Å². The summed E-state index contributed by atoms with van der Waals surface area (Å²) >= 11 is 6.15. The molecule has 1 heterocycles. The Hall–Kier alpha value is -3.84. The molecule has 0 saturated heterocycles. The van der Waals surface area contributed by atoms with Gasteiger partial charge in [0.05, 0.1) is 30.3 Å². The van der Waals surface area contributed by atoms with Crippen molar-refractivity contribution in [2.75, 3.05) is 12.4 Å². The van der Waals surface area contributed by atoms with Gasteiger partial charge in [0.15, 0.2) is 5.75 Å². The van der Waals surface area contributed by atoms with Crippen molar-refractivity contribution in [3.05, 3.63) is 87.8 Å². The molecule has 0 atom stereocenters. The summed E-state index contributed by atoms with van der Waals surface area (Å²) < 4.78 is 12.3. The number of carbonyl (C=O) groups is 1. The third-order valence-corrected chi connectivity index (χ3v) is 5.10. The van der Waals surface area contributed by atoms with Crippen molar-refractivity contribution in [1.29, 1.82) is 0 Å². The van der Waals surface area contributed by atoms with Gasteiger partial charge in [0.25, 0.3) is 5.56 Å². The van der Waals surface area contributed by atoms with E-state index >= 15 is 0 Å². The number of hydrogen-bond acceptors (Lipinski definition) is 5. The van der Waals surface area contributed by atoms with E-state index in [1.165, 1.54) is 4.68 Å². The molecule has 0 aliphatic rings. The first-order valence-electron chi connectivity index (χ1n) is 9.81. The Labute approximate surface area is 189 Å². The van der Waals surface area contributed by atoms with Crippen LogP contribution in [-0.2, 0) is 18.3 Å². The number of rotatable bonds is 6. The zero-order valence-electron chi connectivity index (χ0n) is 17.5. The molecule has 0 spiro atoms. The van der Waals surface area contributed by atoms with Crippen molar-refractivity contribution in [3.8, 4) is 17.2 Å². The fraction of sp³-hybridized carbons (Fsp3) is 0.125. The summed E-state index contributed by atoms with van der Waals surface area (Å²) in [6.45, 7) is 0. The zero-order valence-corrected chi connectivity index (χ0v) is 18.2. The molecule has 0 aliphatic heterocycles. The minimum Gasteiger partial charge on any atom is -0.497 e. The number of hydrogen-bond donors (Lipinski definition) is 1. The SMILES string of the molecule is COc1ccc(Oc2ccc(Cl)cc2NC(=O)Cc2nn(C)c(=O)c3ccccc23)cc1. The predicted octanol–water partition coefficient (Wildman–Crippen LogP) is 4.57. The third-order valence-electron chi connectivity index (χ3n) is 4.86. The number of aryl methyl sites for hydroxylation is 1. The molecule has 0 fully saturated rings. The molecule has 0 bridgehead atoms. The van der Waals surface area contributed by atoms with E-state index in [0.29, 0.717) is 44.4 Å². The van der Waals surface area contributed by atoms with Crippen LogP contribution in [0.5, 0.6) is 17.2 Å². The average Bonchev–Trinajstić information content (AvgIpc) is 2.79. The van der Waals surface area contributed by atoms with E-state index in [0.717, 1.165) is 0 Å². The van der Waals surface area contributed by atoms with Crippen molar-refractivity contribution in [3.63, 3.8) is 0 Å². The molecule has 0 saturated carbocycles. The topological polar surface area (TPSA) is 82.4 Å². The molecular weight excluding hydrogens is 430 g/mol. The molecule has 4 rings (SSSR count). The molecule has 0 unspecified atom stereocenters. The molecule has 1 amide bonds. The summed E-state index contributed by atoms with van der Waals surface area (Å²) in [5.41, 5.74) is 0.710. The van der Waals surface area contributed by atoms with Gasteiger partial charge in [0.1, 0.15) is 11.5 Å². The number of methoxy groups -OCH3 is 1. The number of nitrogens with one attached hydrogen (secondary N) is 1. The number of halogens is 1. The highest BCUT2D eigenvalue weighted by Gasteiger charge is 2.15. The standard InChI is InChI=1S/C24H20ClN3O4/c1-28-24(30)19-6-4-3-5-18(19)20(27-28)14-23(29)26-21-13-15(25)7-12-22(21)32-17-10-8-16(31-2)9-11-17/h3-13H,14H2,1-2H3,(H,26,29). The first-order valence-corrected chi connectivity index (χ1v) is 10.2. The molecule has 1 N–H and O–H groups in total. The number of anilines is 1. The number of nitrogens with zero attached hydrogens (tertiary/aromatic N) is 2. The van der Waals surface area contributed by atoms with Gasteiger partial charge in [-0.15, -0.1) is 0 Å². The van der Waals surface area contributed by atoms with Crippen LogP contribution in [0.1, 0.15) is 5.69 Å². The minimum atomic E-state index is -0.317. The van der Waals surface area contributed by atoms with Crippen LogP contribution in [0.25, 0.3) is 10.8 Å². The fourth-order valence-corrected chi connectivity index (χ4v) is 3.48. The van der Waals surface area contributed by atoms with Crippen molar-refractivity contribution in [1.82, 2.24) is 9.78 Å². The van der Waals surface area contributed by atoms with E-state index in [2.05, 4.69) is 10.4 Å². The third kappa shape index (κ3) is 4.58. The maximum Gasteiger partial charge on any atom is 0.274 e. The first kappa shape index (κ1) is 21.4. The Morgan fingerprint density at radius 1 is 1.03 bits per heavy atom. The van der Waals surface area contributed by atoms with E-state index in [1.807, 2.05) is 6.07 Å². The van der Waals surface area contributed by atoms with Crippen molar-refractivity contribution < 1.29 is 14.3 Å². The maximum atomic E-state index is 12.9. The summed E-state index contributed by atoms with van der Waals surface area (Å²) in [4.78, 5) is 25.2. The smallest absolute Gasteiger partial charge is 0.274 e. The van der Waals surface area contributed by atoms with Crippen LogP contribution in [-0.4, -0.2) is 22.8 Å². The van der Waals surface area contributed by atoms with E-state index in [4.69, 9.17) is 21.1 Å². The van der Waals surface area contributed by atoms with E-state index < -0.39 is 0 Å². The Bertz CT molecular complexity index is 1350. The Kier molecular flexibility index (Phi) is 6.09. The van der Waals surface area contributed by atoms with Gasteiger partial charge in [-0.05, 0) is 48.5 Å². The minimum absolute atomic E-state index is 0.0247. The lowest BCUT2D eigenvalue weighted by Crippen LogP contribution is -2.24. The second-order valence-electron chi connectivity index (χ2n) is 7.06. The highest BCUT2D eigenvalue weighted by Crippen LogP contribution is 2.33. The molecule has 1 aromatic heterocycles. The molecule has 4 aromatic rings. The van der Waals surface area contributed by atoms with Gasteiger partial charge in [-0.2, -0.15) is 5.10 Å². The van der Waals surface area contributed by atoms with Crippen LogP contribution in [0, 0.1) is 0 Å². The average molecular weight is 450 g/mol. The Morgan fingerprint density at radius 2 is 1.72 bits per heavy atom. The molecule has 32 heavy (non-hydrogen) atoms. The van der Waals surface area contributed by atoms with Crippen LogP contribution >= 0.6 is 11.6 Å². The lowest BCUT2D eigenvalue weighted by molar-refractivity contribution is -0.115. The van der Waals surface area contributed by atoms with Gasteiger partial charge in [-0.3, -0.25) is 9.59 Å². The lowest BCUT2D eigenvalue weighted by atomic mass is 10.1. The molecule has 8 heteroatoms. The maximum absolute atomic E-state index is 12.9. The molecular formula is C24H20ClN3O4. The van der Waals surface area contributed by atoms with E-state index in [9.17, 15) is 9.59 Å². The second kappa shape index (κ2) is 9.11. The fourth-order valence-electron chi connectivity index (χ4n) is 3.31. The second-order valence-corrected chi connectivity index (χ2v) is 7.50. The van der Waals surface area contributed by atoms with Crippen LogP contribution in [0.3, 0.4) is 0 Å². The van der Waals surface area contributed by atoms with Crippen molar-refractivity contribution >= 4 is 34.0 Å². The number of aromatic nitrogens is 2. The summed E-state index contributed by atoms with van der Waals surface area (Å²) in [5.74, 6) is 1.41. The quantitative estimate of drug-likeness (QED) is 0.466. The normalized spacial score (nSPS) is 10.7. The summed E-state index contributed by atoms with van der Waals surface area (Å²) in [6.07, 6.45) is -0.0247. The number of ether oxygens (including phenoxy) is 2. The number of amides is 1. The molecule has 7 nitrogen and oxygen atoms in total. The Balaban J connectivity index is 1.59. The molecule has 0 radical (unpaired) electrons. The first-order chi connectivity index (χ1) is 15.4. The van der Waals surface area contributed by atoms with Gasteiger partial charge in [0.2, 0.25) is 5.91 Å². The van der Waals surface area contributed by atoms with E-state index in [1.54, 1.807) is 74.8 Å². The van der Waals surface area contributed by atoms with Crippen LogP contribution in [0.4, 0.5) is 5.69 Å². The molecule has 162 valence electrons. The Morgan fingerprint density at radius 3 is 2.44 bits per heavy atom. The zero-order chi connectivity index (χ0) is 22.7. The predicted molar refractivity (Wildman–Crippen MR) is 124 cm³/mol. The van der Waals surface area contributed by atoms with Gasteiger partial charge in [0, 0.05) is 17.5 Å². The van der Waals surface area contributed by atoms with Crippen molar-refractivity contribution in [2.45, 2.75) is 6.42 Å². The monoisotopic (exact) mass is 449 g/mol. The van der Waals surface area contributed by atoms with Gasteiger partial charge in [-0.1, -0.05) is 29.8 Å². The van der Waals surface area contributed by atoms with Gasteiger partial charge >= 0.3 is 0 Å². The lowest BCUT2D eigenvalue weighted by Gasteiger charge is -2.14. The van der Waals surface area contributed by atoms with Gasteiger partial charge < -0.3 is 14.8 Å². The van der Waals surface area contributed by atoms with Crippen LogP contribution in [0.2, 0.25) is 5.02 Å². The number of carbonyl (C=O) groups excluding carboxylic acids is 1. The number of fused-ring (bicyclic) bond motifs is 1. The highest BCUT2D eigenvalue weighted by atomic mass is 35.5. The summed E-state index contributed by atoms with van der Waals surface area (Å²) in [6, 6.07) is 19.2. The highest BCUT2D eigenvalue weighted by molar-refractivity contribution is 6.31. The summed E-state index contributed by atoms with van der Waals surface area (Å²) in [5, 5.41) is 8.73. The van der Waals surface area contributed by atoms with Crippen molar-refractivity contribution in [2.24, 2.45) is 7.05 Å². The largest absolute Gasteiger partial charge is 0.497 e.